The molecule has 0 spiro atoms. The number of nitrogen functional groups attached to an aromatic ring is 1. The third-order valence-electron chi connectivity index (χ3n) is 3.10. The van der Waals surface area contributed by atoms with Crippen LogP contribution in [0.15, 0.2) is 30.3 Å². The van der Waals surface area contributed by atoms with Crippen LogP contribution in [0, 0.1) is 11.8 Å². The van der Waals surface area contributed by atoms with E-state index in [1.807, 2.05) is 24.3 Å². The van der Waals surface area contributed by atoms with Crippen LogP contribution in [-0.2, 0) is 4.79 Å². The maximum absolute atomic E-state index is 11.6. The number of hydrogen-bond acceptors (Lipinski definition) is 2. The molecule has 0 fully saturated rings. The summed E-state index contributed by atoms with van der Waals surface area (Å²) in [6.07, 6.45) is 3.34. The van der Waals surface area contributed by atoms with Gasteiger partial charge in [-0.15, -0.1) is 0 Å². The molecule has 18 heavy (non-hydrogen) atoms. The molecule has 3 heteroatoms. The number of rotatable bonds is 5. The summed E-state index contributed by atoms with van der Waals surface area (Å²) in [6.45, 7) is 7.15. The molecule has 1 unspecified atom stereocenters. The fourth-order valence-corrected chi connectivity index (χ4v) is 1.34. The summed E-state index contributed by atoms with van der Waals surface area (Å²) in [5.74, 6) is 1.00. The Balaban J connectivity index is 2.42. The molecule has 1 rings (SSSR count). The topological polar surface area (TPSA) is 55.1 Å². The largest absolute Gasteiger partial charge is 0.399 e. The highest BCUT2D eigenvalue weighted by Crippen LogP contribution is 2.08. The first-order valence-corrected chi connectivity index (χ1v) is 6.30. The number of hydrogen-bond donors (Lipinski definition) is 2. The lowest BCUT2D eigenvalue weighted by atomic mass is 9.98. The van der Waals surface area contributed by atoms with E-state index in [1.54, 1.807) is 12.2 Å². The highest BCUT2D eigenvalue weighted by molar-refractivity contribution is 5.91. The summed E-state index contributed by atoms with van der Waals surface area (Å²) in [5, 5.41) is 2.89. The van der Waals surface area contributed by atoms with E-state index in [-0.39, 0.29) is 5.91 Å². The van der Waals surface area contributed by atoms with Gasteiger partial charge < -0.3 is 11.1 Å². The van der Waals surface area contributed by atoms with E-state index in [9.17, 15) is 4.79 Å². The van der Waals surface area contributed by atoms with Gasteiger partial charge in [0.1, 0.15) is 0 Å². The fraction of sp³-hybridized carbons (Fsp3) is 0.400. The van der Waals surface area contributed by atoms with Gasteiger partial charge in [0.25, 0.3) is 0 Å². The third-order valence-corrected chi connectivity index (χ3v) is 3.10. The van der Waals surface area contributed by atoms with Crippen molar-refractivity contribution in [2.45, 2.75) is 20.8 Å². The van der Waals surface area contributed by atoms with Gasteiger partial charge in [0, 0.05) is 18.3 Å². The molecule has 0 aliphatic heterocycles. The van der Waals surface area contributed by atoms with Gasteiger partial charge in [0.15, 0.2) is 0 Å². The third kappa shape index (κ3) is 5.04. The van der Waals surface area contributed by atoms with Gasteiger partial charge in [0.05, 0.1) is 0 Å². The predicted octanol–water partition coefficient (Wildman–Crippen LogP) is 2.69. The van der Waals surface area contributed by atoms with Crippen LogP contribution in [0.25, 0.3) is 6.08 Å². The molecule has 0 saturated heterocycles. The molecule has 0 aliphatic carbocycles. The predicted molar refractivity (Wildman–Crippen MR) is 76.9 cm³/mol. The van der Waals surface area contributed by atoms with Crippen molar-refractivity contribution in [2.75, 3.05) is 12.3 Å². The molecule has 0 bridgehead atoms. The smallest absolute Gasteiger partial charge is 0.244 e. The average molecular weight is 246 g/mol. The molecule has 0 aliphatic rings. The summed E-state index contributed by atoms with van der Waals surface area (Å²) in [6, 6.07) is 7.41. The summed E-state index contributed by atoms with van der Waals surface area (Å²) < 4.78 is 0. The molecule has 98 valence electrons. The first kappa shape index (κ1) is 14.3. The molecule has 3 nitrogen and oxygen atoms in total. The normalized spacial score (nSPS) is 12.9. The van der Waals surface area contributed by atoms with Gasteiger partial charge in [-0.2, -0.15) is 0 Å². The van der Waals surface area contributed by atoms with Gasteiger partial charge in [0.2, 0.25) is 5.91 Å². The summed E-state index contributed by atoms with van der Waals surface area (Å²) in [4.78, 5) is 11.6. The van der Waals surface area contributed by atoms with Crippen LogP contribution < -0.4 is 11.1 Å². The van der Waals surface area contributed by atoms with Gasteiger partial charge in [-0.25, -0.2) is 0 Å². The standard InChI is InChI=1S/C15H22N2O/c1-11(2)12(3)10-17-15(18)9-6-13-4-7-14(16)8-5-13/h4-9,11-12H,10,16H2,1-3H3,(H,17,18)/b9-6+. The molecule has 0 saturated carbocycles. The van der Waals surface area contributed by atoms with Gasteiger partial charge in [-0.05, 0) is 35.6 Å². The van der Waals surface area contributed by atoms with E-state index < -0.39 is 0 Å². The molecule has 0 radical (unpaired) electrons. The van der Waals surface area contributed by atoms with Crippen molar-refractivity contribution in [2.24, 2.45) is 11.8 Å². The minimum Gasteiger partial charge on any atom is -0.399 e. The minimum atomic E-state index is -0.0562. The second kappa shape index (κ2) is 6.84. The quantitative estimate of drug-likeness (QED) is 0.620. The van der Waals surface area contributed by atoms with Crippen molar-refractivity contribution in [3.8, 4) is 0 Å². The fourth-order valence-electron chi connectivity index (χ4n) is 1.34. The number of carbonyl (C=O) groups is 1. The van der Waals surface area contributed by atoms with Crippen molar-refractivity contribution >= 4 is 17.7 Å². The Morgan fingerprint density at radius 2 is 1.89 bits per heavy atom. The number of amides is 1. The summed E-state index contributed by atoms with van der Waals surface area (Å²) in [5.41, 5.74) is 7.28. The van der Waals surface area contributed by atoms with Crippen molar-refractivity contribution in [3.63, 3.8) is 0 Å². The molecule has 1 aromatic carbocycles. The van der Waals surface area contributed by atoms with Crippen LogP contribution >= 0.6 is 0 Å². The number of carbonyl (C=O) groups excluding carboxylic acids is 1. The molecular weight excluding hydrogens is 224 g/mol. The Hall–Kier alpha value is -1.77. The second-order valence-corrected chi connectivity index (χ2v) is 4.97. The Kier molecular flexibility index (Phi) is 5.43. The summed E-state index contributed by atoms with van der Waals surface area (Å²) in [7, 11) is 0. The first-order valence-electron chi connectivity index (χ1n) is 6.30. The molecule has 1 amide bonds. The van der Waals surface area contributed by atoms with Crippen molar-refractivity contribution in [1.82, 2.24) is 5.32 Å². The highest BCUT2D eigenvalue weighted by Gasteiger charge is 2.07. The first-order chi connectivity index (χ1) is 8.49. The van der Waals surface area contributed by atoms with E-state index in [4.69, 9.17) is 5.73 Å². The summed E-state index contributed by atoms with van der Waals surface area (Å²) >= 11 is 0. The molecule has 3 N–H and O–H groups in total. The van der Waals surface area contributed by atoms with Gasteiger partial charge >= 0.3 is 0 Å². The van der Waals surface area contributed by atoms with Crippen LogP contribution in [0.1, 0.15) is 26.3 Å². The van der Waals surface area contributed by atoms with Crippen molar-refractivity contribution < 1.29 is 4.79 Å². The SMILES string of the molecule is CC(C)C(C)CNC(=O)/C=C/c1ccc(N)cc1. The van der Waals surface area contributed by atoms with Gasteiger partial charge in [-0.1, -0.05) is 32.9 Å². The Labute approximate surface area is 109 Å². The zero-order chi connectivity index (χ0) is 13.5. The number of nitrogens with two attached hydrogens (primary N) is 1. The molecule has 1 atom stereocenters. The van der Waals surface area contributed by atoms with E-state index in [0.29, 0.717) is 18.4 Å². The Morgan fingerprint density at radius 1 is 1.28 bits per heavy atom. The van der Waals surface area contributed by atoms with Crippen LogP contribution in [0.2, 0.25) is 0 Å². The maximum atomic E-state index is 11.6. The van der Waals surface area contributed by atoms with Crippen LogP contribution in [0.5, 0.6) is 0 Å². The molecule has 0 aromatic heterocycles. The zero-order valence-electron chi connectivity index (χ0n) is 11.3. The van der Waals surface area contributed by atoms with E-state index in [0.717, 1.165) is 11.3 Å². The average Bonchev–Trinajstić information content (AvgIpc) is 2.35. The van der Waals surface area contributed by atoms with Crippen LogP contribution in [-0.4, -0.2) is 12.5 Å². The molecule has 1 aromatic rings. The number of nitrogens with one attached hydrogen (secondary N) is 1. The van der Waals surface area contributed by atoms with E-state index in [1.165, 1.54) is 0 Å². The molecule has 0 heterocycles. The van der Waals surface area contributed by atoms with Crippen molar-refractivity contribution in [1.29, 1.82) is 0 Å². The monoisotopic (exact) mass is 246 g/mol. The second-order valence-electron chi connectivity index (χ2n) is 4.97. The highest BCUT2D eigenvalue weighted by atomic mass is 16.1. The van der Waals surface area contributed by atoms with Crippen LogP contribution in [0.3, 0.4) is 0 Å². The Morgan fingerprint density at radius 3 is 2.44 bits per heavy atom. The number of anilines is 1. The van der Waals surface area contributed by atoms with Crippen LogP contribution in [0.4, 0.5) is 5.69 Å². The lowest BCUT2D eigenvalue weighted by molar-refractivity contribution is -0.116. The van der Waals surface area contributed by atoms with E-state index >= 15 is 0 Å². The van der Waals surface area contributed by atoms with Crippen molar-refractivity contribution in [3.05, 3.63) is 35.9 Å². The Bertz CT molecular complexity index is 407. The maximum Gasteiger partial charge on any atom is 0.244 e. The van der Waals surface area contributed by atoms with E-state index in [2.05, 4.69) is 26.1 Å². The van der Waals surface area contributed by atoms with Gasteiger partial charge in [-0.3, -0.25) is 4.79 Å². The lowest BCUT2D eigenvalue weighted by Crippen LogP contribution is -2.28. The molecular formula is C15H22N2O. The minimum absolute atomic E-state index is 0.0562. The zero-order valence-corrected chi connectivity index (χ0v) is 11.3. The number of benzene rings is 1. The lowest BCUT2D eigenvalue weighted by Gasteiger charge is -2.15.